The SMILES string of the molecule is CN(C)C(=O)CCCCC1=C[C@H]2C[C@@H](O)[C@H](C(=O)C=Cc3ccccc3)[C@H]2C1. The van der Waals surface area contributed by atoms with Crippen molar-refractivity contribution in [2.24, 2.45) is 17.8 Å². The van der Waals surface area contributed by atoms with Crippen LogP contribution in [-0.2, 0) is 9.59 Å². The highest BCUT2D eigenvalue weighted by Gasteiger charge is 2.47. The van der Waals surface area contributed by atoms with Crippen LogP contribution in [-0.4, -0.2) is 41.9 Å². The first-order valence-electron chi connectivity index (χ1n) is 10.3. The van der Waals surface area contributed by atoms with Crippen molar-refractivity contribution < 1.29 is 14.7 Å². The van der Waals surface area contributed by atoms with Gasteiger partial charge in [-0.05, 0) is 55.6 Å². The van der Waals surface area contributed by atoms with Crippen LogP contribution in [0.25, 0.3) is 6.08 Å². The molecule has 150 valence electrons. The van der Waals surface area contributed by atoms with Gasteiger partial charge in [0.05, 0.1) is 12.0 Å². The molecule has 28 heavy (non-hydrogen) atoms. The molecule has 1 N–H and O–H groups in total. The smallest absolute Gasteiger partial charge is 0.222 e. The number of amides is 1. The molecule has 0 aromatic heterocycles. The summed E-state index contributed by atoms with van der Waals surface area (Å²) in [4.78, 5) is 26.1. The van der Waals surface area contributed by atoms with Crippen molar-refractivity contribution in [3.63, 3.8) is 0 Å². The molecule has 3 rings (SSSR count). The van der Waals surface area contributed by atoms with E-state index in [0.29, 0.717) is 18.8 Å². The third-order valence-electron chi connectivity index (χ3n) is 6.09. The number of carbonyl (C=O) groups excluding carboxylic acids is 2. The molecule has 0 aliphatic heterocycles. The Kier molecular flexibility index (Phi) is 6.84. The van der Waals surface area contributed by atoms with Crippen molar-refractivity contribution in [1.82, 2.24) is 4.90 Å². The number of nitrogens with zero attached hydrogens (tertiary/aromatic N) is 1. The van der Waals surface area contributed by atoms with Crippen molar-refractivity contribution in [3.05, 3.63) is 53.6 Å². The molecule has 4 atom stereocenters. The lowest BCUT2D eigenvalue weighted by Gasteiger charge is -2.19. The van der Waals surface area contributed by atoms with Crippen molar-refractivity contribution in [3.8, 4) is 0 Å². The Morgan fingerprint density at radius 2 is 1.93 bits per heavy atom. The third kappa shape index (κ3) is 4.99. The van der Waals surface area contributed by atoms with Crippen LogP contribution in [0.4, 0.5) is 0 Å². The van der Waals surface area contributed by atoms with Gasteiger partial charge in [0.1, 0.15) is 0 Å². The van der Waals surface area contributed by atoms with E-state index in [9.17, 15) is 14.7 Å². The normalized spacial score (nSPS) is 26.3. The molecule has 2 aliphatic carbocycles. The summed E-state index contributed by atoms with van der Waals surface area (Å²) in [7, 11) is 3.58. The summed E-state index contributed by atoms with van der Waals surface area (Å²) in [6.45, 7) is 0. The van der Waals surface area contributed by atoms with Crippen LogP contribution >= 0.6 is 0 Å². The van der Waals surface area contributed by atoms with Gasteiger partial charge in [0, 0.05) is 20.5 Å². The number of fused-ring (bicyclic) bond motifs is 1. The quantitative estimate of drug-likeness (QED) is 0.423. The van der Waals surface area contributed by atoms with Gasteiger partial charge in [0.15, 0.2) is 5.78 Å². The summed E-state index contributed by atoms with van der Waals surface area (Å²) in [5.41, 5.74) is 2.39. The second-order valence-electron chi connectivity index (χ2n) is 8.33. The van der Waals surface area contributed by atoms with E-state index in [1.165, 1.54) is 5.57 Å². The van der Waals surface area contributed by atoms with Crippen LogP contribution < -0.4 is 0 Å². The van der Waals surface area contributed by atoms with Crippen LogP contribution in [0.1, 0.15) is 44.1 Å². The minimum Gasteiger partial charge on any atom is -0.392 e. The molecule has 0 spiro atoms. The van der Waals surface area contributed by atoms with Crippen LogP contribution in [0, 0.1) is 17.8 Å². The van der Waals surface area contributed by atoms with Gasteiger partial charge in [0.2, 0.25) is 5.91 Å². The fraction of sp³-hybridized carbons (Fsp3) is 0.500. The van der Waals surface area contributed by atoms with E-state index in [0.717, 1.165) is 31.2 Å². The van der Waals surface area contributed by atoms with Gasteiger partial charge in [-0.1, -0.05) is 48.1 Å². The summed E-state index contributed by atoms with van der Waals surface area (Å²) in [5, 5.41) is 10.4. The number of unbranched alkanes of at least 4 members (excludes halogenated alkanes) is 1. The van der Waals surface area contributed by atoms with Gasteiger partial charge in [-0.15, -0.1) is 0 Å². The zero-order valence-electron chi connectivity index (χ0n) is 16.9. The van der Waals surface area contributed by atoms with Crippen LogP contribution in [0.5, 0.6) is 0 Å². The van der Waals surface area contributed by atoms with Crippen LogP contribution in [0.2, 0.25) is 0 Å². The fourth-order valence-electron chi connectivity index (χ4n) is 4.59. The molecular weight excluding hydrogens is 350 g/mol. The van der Waals surface area contributed by atoms with Gasteiger partial charge in [-0.25, -0.2) is 0 Å². The van der Waals surface area contributed by atoms with E-state index < -0.39 is 6.10 Å². The molecule has 0 heterocycles. The van der Waals surface area contributed by atoms with E-state index in [1.807, 2.05) is 36.4 Å². The molecule has 4 heteroatoms. The largest absolute Gasteiger partial charge is 0.392 e. The molecule has 0 unspecified atom stereocenters. The maximum absolute atomic E-state index is 12.8. The van der Waals surface area contributed by atoms with Gasteiger partial charge in [0.25, 0.3) is 0 Å². The molecular formula is C24H31NO3. The Bertz CT molecular complexity index is 750. The second-order valence-corrected chi connectivity index (χ2v) is 8.33. The molecule has 2 aliphatic rings. The van der Waals surface area contributed by atoms with E-state index >= 15 is 0 Å². The molecule has 0 bridgehead atoms. The van der Waals surface area contributed by atoms with Crippen molar-refractivity contribution in [2.45, 2.75) is 44.6 Å². The van der Waals surface area contributed by atoms with E-state index in [-0.39, 0.29) is 23.5 Å². The minimum atomic E-state index is -0.543. The summed E-state index contributed by atoms with van der Waals surface area (Å²) >= 11 is 0. The number of hydrogen-bond donors (Lipinski definition) is 1. The first-order valence-corrected chi connectivity index (χ1v) is 10.3. The monoisotopic (exact) mass is 381 g/mol. The molecule has 1 amide bonds. The predicted molar refractivity (Wildman–Crippen MR) is 111 cm³/mol. The molecule has 1 saturated carbocycles. The highest BCUT2D eigenvalue weighted by Crippen LogP contribution is 2.48. The Balaban J connectivity index is 1.51. The Labute approximate surface area is 167 Å². The fourth-order valence-corrected chi connectivity index (χ4v) is 4.59. The number of rotatable bonds is 8. The number of benzene rings is 1. The predicted octanol–water partition coefficient (Wildman–Crippen LogP) is 3.86. The zero-order chi connectivity index (χ0) is 20.1. The highest BCUT2D eigenvalue weighted by atomic mass is 16.3. The first kappa shape index (κ1) is 20.5. The topological polar surface area (TPSA) is 57.6 Å². The van der Waals surface area contributed by atoms with Gasteiger partial charge in [-0.2, -0.15) is 0 Å². The maximum Gasteiger partial charge on any atom is 0.222 e. The molecule has 0 radical (unpaired) electrons. The minimum absolute atomic E-state index is 0.0371. The number of aliphatic hydroxyl groups is 1. The molecule has 1 aromatic rings. The molecule has 4 nitrogen and oxygen atoms in total. The lowest BCUT2D eigenvalue weighted by Crippen LogP contribution is -2.27. The van der Waals surface area contributed by atoms with Crippen LogP contribution in [0.3, 0.4) is 0 Å². The van der Waals surface area contributed by atoms with Crippen LogP contribution in [0.15, 0.2) is 48.1 Å². The Morgan fingerprint density at radius 1 is 1.18 bits per heavy atom. The molecule has 1 fully saturated rings. The summed E-state index contributed by atoms with van der Waals surface area (Å²) in [6, 6.07) is 9.78. The maximum atomic E-state index is 12.8. The zero-order valence-corrected chi connectivity index (χ0v) is 16.9. The number of aliphatic hydroxyl groups excluding tert-OH is 1. The standard InChI is InChI=1S/C24H31NO3/c1-25(2)23(28)11-7-6-10-18-14-19-16-22(27)24(20(19)15-18)21(26)13-12-17-8-4-3-5-9-17/h3-5,8-9,12-14,19-20,22,24,27H,6-7,10-11,15-16H2,1-2H3/t19-,20-,22+,24-/m0/s1. The Hall–Kier alpha value is -2.20. The Morgan fingerprint density at radius 3 is 2.64 bits per heavy atom. The lowest BCUT2D eigenvalue weighted by atomic mass is 9.86. The second kappa shape index (κ2) is 9.33. The lowest BCUT2D eigenvalue weighted by molar-refractivity contribution is -0.128. The number of allylic oxidation sites excluding steroid dienone is 3. The highest BCUT2D eigenvalue weighted by molar-refractivity contribution is 5.96. The van der Waals surface area contributed by atoms with Crippen molar-refractivity contribution >= 4 is 17.8 Å². The van der Waals surface area contributed by atoms with E-state index in [2.05, 4.69) is 6.08 Å². The summed E-state index contributed by atoms with van der Waals surface area (Å²) < 4.78 is 0. The summed E-state index contributed by atoms with van der Waals surface area (Å²) in [5.74, 6) is 0.453. The molecule has 1 aromatic carbocycles. The number of hydrogen-bond acceptors (Lipinski definition) is 3. The average molecular weight is 382 g/mol. The molecule has 0 saturated heterocycles. The summed E-state index contributed by atoms with van der Waals surface area (Å²) in [6.07, 6.45) is 10.3. The third-order valence-corrected chi connectivity index (χ3v) is 6.09. The number of carbonyl (C=O) groups is 2. The van der Waals surface area contributed by atoms with Gasteiger partial charge < -0.3 is 10.0 Å². The first-order chi connectivity index (χ1) is 13.5. The van der Waals surface area contributed by atoms with Gasteiger partial charge in [-0.3, -0.25) is 9.59 Å². The van der Waals surface area contributed by atoms with E-state index in [4.69, 9.17) is 0 Å². The average Bonchev–Trinajstić information content (AvgIpc) is 3.19. The van der Waals surface area contributed by atoms with E-state index in [1.54, 1.807) is 25.1 Å². The van der Waals surface area contributed by atoms with Crippen molar-refractivity contribution in [1.29, 1.82) is 0 Å². The van der Waals surface area contributed by atoms with Crippen molar-refractivity contribution in [2.75, 3.05) is 14.1 Å². The van der Waals surface area contributed by atoms with Gasteiger partial charge >= 0.3 is 0 Å². The number of ketones is 1.